The summed E-state index contributed by atoms with van der Waals surface area (Å²) in [6, 6.07) is -0.436. The van der Waals surface area contributed by atoms with Gasteiger partial charge in [0.05, 0.1) is 16.7 Å². The first-order chi connectivity index (χ1) is 9.16. The van der Waals surface area contributed by atoms with Crippen molar-refractivity contribution in [1.82, 2.24) is 10.3 Å². The van der Waals surface area contributed by atoms with Crippen LogP contribution in [0.3, 0.4) is 0 Å². The Labute approximate surface area is 131 Å². The largest absolute Gasteiger partial charge is 0.354 e. The number of amides is 1. The molecule has 20 heavy (non-hydrogen) atoms. The van der Waals surface area contributed by atoms with Gasteiger partial charge < -0.3 is 11.1 Å². The normalized spacial score (nSPS) is 17.3. The molecule has 0 saturated heterocycles. The first kappa shape index (κ1) is 17.4. The van der Waals surface area contributed by atoms with Crippen molar-refractivity contribution < 1.29 is 4.79 Å². The van der Waals surface area contributed by atoms with E-state index in [-0.39, 0.29) is 18.3 Å². The number of thiazole rings is 1. The van der Waals surface area contributed by atoms with Crippen molar-refractivity contribution >= 4 is 29.7 Å². The van der Waals surface area contributed by atoms with Crippen molar-refractivity contribution in [3.8, 4) is 0 Å². The minimum Gasteiger partial charge on any atom is -0.354 e. The molecule has 0 aliphatic heterocycles. The topological polar surface area (TPSA) is 68.0 Å². The second-order valence-electron chi connectivity index (χ2n) is 5.33. The van der Waals surface area contributed by atoms with Crippen LogP contribution in [-0.4, -0.2) is 23.5 Å². The van der Waals surface area contributed by atoms with Crippen LogP contribution >= 0.6 is 23.7 Å². The fraction of sp³-hybridized carbons (Fsp3) is 0.714. The van der Waals surface area contributed by atoms with Crippen molar-refractivity contribution in [3.63, 3.8) is 0 Å². The molecule has 1 saturated carbocycles. The average Bonchev–Trinajstić information content (AvgIpc) is 2.88. The van der Waals surface area contributed by atoms with Crippen LogP contribution in [0.4, 0.5) is 0 Å². The lowest BCUT2D eigenvalue weighted by Gasteiger charge is -2.19. The van der Waals surface area contributed by atoms with Crippen LogP contribution in [0, 0.1) is 0 Å². The maximum atomic E-state index is 11.3. The molecule has 1 fully saturated rings. The number of rotatable bonds is 5. The lowest BCUT2D eigenvalue weighted by atomic mass is 9.87. The molecule has 1 aliphatic carbocycles. The van der Waals surface area contributed by atoms with E-state index in [1.165, 1.54) is 37.8 Å². The third-order valence-electron chi connectivity index (χ3n) is 3.64. The molecule has 1 heterocycles. The lowest BCUT2D eigenvalue weighted by Crippen LogP contribution is -2.39. The molecule has 6 heteroatoms. The third kappa shape index (κ3) is 5.04. The quantitative estimate of drug-likeness (QED) is 0.877. The van der Waals surface area contributed by atoms with Gasteiger partial charge in [-0.2, -0.15) is 0 Å². The van der Waals surface area contributed by atoms with Crippen molar-refractivity contribution in [2.75, 3.05) is 6.54 Å². The summed E-state index contributed by atoms with van der Waals surface area (Å²) in [5.41, 5.74) is 6.75. The predicted octanol–water partition coefficient (Wildman–Crippen LogP) is 2.62. The summed E-state index contributed by atoms with van der Waals surface area (Å²) < 4.78 is 0. The standard InChI is InChI=1S/C14H23N3OS.ClH/c1-10(15)14(18)16-8-7-13-17-12(9-19-13)11-5-3-2-4-6-11;/h9-11H,2-8,15H2,1H3,(H,16,18);1H. The molecule has 2 rings (SSSR count). The summed E-state index contributed by atoms with van der Waals surface area (Å²) >= 11 is 1.71. The van der Waals surface area contributed by atoms with E-state index >= 15 is 0 Å². The molecule has 1 atom stereocenters. The van der Waals surface area contributed by atoms with Crippen LogP contribution in [0.25, 0.3) is 0 Å². The molecule has 1 aromatic heterocycles. The Morgan fingerprint density at radius 3 is 2.85 bits per heavy atom. The second kappa shape index (κ2) is 8.60. The van der Waals surface area contributed by atoms with Crippen LogP contribution in [0.2, 0.25) is 0 Å². The van der Waals surface area contributed by atoms with Gasteiger partial charge in [-0.05, 0) is 19.8 Å². The summed E-state index contributed by atoms with van der Waals surface area (Å²) in [6.45, 7) is 2.32. The second-order valence-corrected chi connectivity index (χ2v) is 6.27. The Morgan fingerprint density at radius 1 is 1.50 bits per heavy atom. The van der Waals surface area contributed by atoms with E-state index in [2.05, 4.69) is 10.7 Å². The number of carbonyl (C=O) groups excluding carboxylic acids is 1. The monoisotopic (exact) mass is 317 g/mol. The average molecular weight is 318 g/mol. The molecule has 1 aromatic rings. The highest BCUT2D eigenvalue weighted by Crippen LogP contribution is 2.32. The van der Waals surface area contributed by atoms with Crippen LogP contribution < -0.4 is 11.1 Å². The van der Waals surface area contributed by atoms with Crippen LogP contribution in [-0.2, 0) is 11.2 Å². The molecule has 1 unspecified atom stereocenters. The Morgan fingerprint density at radius 2 is 2.20 bits per heavy atom. The zero-order valence-corrected chi connectivity index (χ0v) is 13.6. The minimum atomic E-state index is -0.436. The molecule has 114 valence electrons. The summed E-state index contributed by atoms with van der Waals surface area (Å²) in [5, 5.41) is 6.13. The van der Waals surface area contributed by atoms with Gasteiger partial charge in [0.15, 0.2) is 0 Å². The number of nitrogens with one attached hydrogen (secondary N) is 1. The Kier molecular flexibility index (Phi) is 7.48. The Hall–Kier alpha value is -0.650. The summed E-state index contributed by atoms with van der Waals surface area (Å²) in [4.78, 5) is 16.0. The van der Waals surface area contributed by atoms with Gasteiger partial charge in [0, 0.05) is 24.3 Å². The third-order valence-corrected chi connectivity index (χ3v) is 4.57. The molecule has 1 amide bonds. The van der Waals surface area contributed by atoms with E-state index in [0.29, 0.717) is 12.5 Å². The van der Waals surface area contributed by atoms with Gasteiger partial charge in [-0.15, -0.1) is 23.7 Å². The van der Waals surface area contributed by atoms with E-state index < -0.39 is 6.04 Å². The van der Waals surface area contributed by atoms with E-state index in [9.17, 15) is 4.79 Å². The molecule has 0 radical (unpaired) electrons. The number of aromatic nitrogens is 1. The van der Waals surface area contributed by atoms with Gasteiger partial charge >= 0.3 is 0 Å². The number of nitrogens with two attached hydrogens (primary N) is 1. The van der Waals surface area contributed by atoms with Gasteiger partial charge in [0.25, 0.3) is 0 Å². The van der Waals surface area contributed by atoms with Gasteiger partial charge in [0.2, 0.25) is 5.91 Å². The first-order valence-electron chi connectivity index (χ1n) is 7.14. The number of hydrogen-bond acceptors (Lipinski definition) is 4. The van der Waals surface area contributed by atoms with E-state index in [1.54, 1.807) is 18.3 Å². The first-order valence-corrected chi connectivity index (χ1v) is 8.02. The summed E-state index contributed by atoms with van der Waals surface area (Å²) in [6.07, 6.45) is 7.41. The summed E-state index contributed by atoms with van der Waals surface area (Å²) in [5.74, 6) is 0.571. The van der Waals surface area contributed by atoms with E-state index in [0.717, 1.165) is 11.4 Å². The fourth-order valence-electron chi connectivity index (χ4n) is 2.48. The Balaban J connectivity index is 0.00000200. The van der Waals surface area contributed by atoms with Crippen molar-refractivity contribution in [2.45, 2.75) is 57.4 Å². The highest BCUT2D eigenvalue weighted by atomic mass is 35.5. The highest BCUT2D eigenvalue weighted by Gasteiger charge is 2.18. The molecule has 0 bridgehead atoms. The van der Waals surface area contributed by atoms with E-state index in [4.69, 9.17) is 10.7 Å². The molecule has 1 aliphatic rings. The molecular formula is C14H24ClN3OS. The number of hydrogen-bond donors (Lipinski definition) is 2. The smallest absolute Gasteiger partial charge is 0.236 e. The van der Waals surface area contributed by atoms with Crippen LogP contribution in [0.1, 0.15) is 55.6 Å². The van der Waals surface area contributed by atoms with Crippen molar-refractivity contribution in [2.24, 2.45) is 5.73 Å². The Bertz CT molecular complexity index is 416. The molecule has 3 N–H and O–H groups in total. The van der Waals surface area contributed by atoms with E-state index in [1.807, 2.05) is 0 Å². The van der Waals surface area contributed by atoms with Gasteiger partial charge in [-0.1, -0.05) is 19.3 Å². The SMILES string of the molecule is CC(N)C(=O)NCCc1nc(C2CCCCC2)cs1.Cl. The molecule has 0 spiro atoms. The van der Waals surface area contributed by atoms with Crippen LogP contribution in [0.5, 0.6) is 0 Å². The van der Waals surface area contributed by atoms with Gasteiger partial charge in [-0.3, -0.25) is 4.79 Å². The van der Waals surface area contributed by atoms with Gasteiger partial charge in [0.1, 0.15) is 0 Å². The fourth-order valence-corrected chi connectivity index (χ4v) is 3.36. The molecule has 0 aromatic carbocycles. The maximum Gasteiger partial charge on any atom is 0.236 e. The van der Waals surface area contributed by atoms with Crippen molar-refractivity contribution in [1.29, 1.82) is 0 Å². The minimum absolute atomic E-state index is 0. The predicted molar refractivity (Wildman–Crippen MR) is 85.6 cm³/mol. The zero-order valence-electron chi connectivity index (χ0n) is 11.9. The zero-order chi connectivity index (χ0) is 13.7. The lowest BCUT2D eigenvalue weighted by molar-refractivity contribution is -0.121. The van der Waals surface area contributed by atoms with Crippen molar-refractivity contribution in [3.05, 3.63) is 16.1 Å². The molecular weight excluding hydrogens is 294 g/mol. The van der Waals surface area contributed by atoms with Crippen LogP contribution in [0.15, 0.2) is 5.38 Å². The maximum absolute atomic E-state index is 11.3. The number of nitrogens with zero attached hydrogens (tertiary/aromatic N) is 1. The summed E-state index contributed by atoms with van der Waals surface area (Å²) in [7, 11) is 0. The number of carbonyl (C=O) groups is 1. The highest BCUT2D eigenvalue weighted by molar-refractivity contribution is 7.09. The number of halogens is 1. The molecule has 4 nitrogen and oxygen atoms in total. The van der Waals surface area contributed by atoms with Gasteiger partial charge in [-0.25, -0.2) is 4.98 Å².